The molecule has 0 atom stereocenters. The van der Waals surface area contributed by atoms with Crippen LogP contribution in [0.5, 0.6) is 0 Å². The maximum Gasteiger partial charge on any atom is 0.416 e. The fraction of sp³-hybridized carbons (Fsp3) is 0.0769. The molecule has 0 saturated carbocycles. The lowest BCUT2D eigenvalue weighted by molar-refractivity contribution is -0.137. The number of hydrogen-bond donors (Lipinski definition) is 0. The molecule has 3 aromatic carbocycles. The molecule has 0 unspecified atom stereocenters. The zero-order valence-electron chi connectivity index (χ0n) is 19.2. The van der Waals surface area contributed by atoms with Gasteiger partial charge in [0.1, 0.15) is 6.33 Å². The van der Waals surface area contributed by atoms with Crippen LogP contribution in [-0.4, -0.2) is 29.0 Å². The van der Waals surface area contributed by atoms with Crippen LogP contribution in [0.25, 0.3) is 33.5 Å². The van der Waals surface area contributed by atoms with Crippen molar-refractivity contribution in [2.45, 2.75) is 12.7 Å². The van der Waals surface area contributed by atoms with Gasteiger partial charge in [0.15, 0.2) is 11.3 Å². The van der Waals surface area contributed by atoms with Crippen LogP contribution >= 0.6 is 23.2 Å². The first-order valence-electron chi connectivity index (χ1n) is 11.2. The number of fused-ring (bicyclic) bond motifs is 3. The van der Waals surface area contributed by atoms with Crippen LogP contribution in [0, 0.1) is 0 Å². The van der Waals surface area contributed by atoms with Gasteiger partial charge in [0.25, 0.3) is 0 Å². The second-order valence-electron chi connectivity index (χ2n) is 8.53. The fourth-order valence-corrected chi connectivity index (χ4v) is 4.62. The molecule has 7 nitrogen and oxygen atoms in total. The van der Waals surface area contributed by atoms with E-state index >= 15 is 0 Å². The van der Waals surface area contributed by atoms with Gasteiger partial charge < -0.3 is 0 Å². The molecule has 38 heavy (non-hydrogen) atoms. The third-order valence-electron chi connectivity index (χ3n) is 6.14. The van der Waals surface area contributed by atoms with Crippen molar-refractivity contribution in [1.29, 1.82) is 0 Å². The molecular formula is C26H15Cl2F3N6O. The van der Waals surface area contributed by atoms with Crippen molar-refractivity contribution < 1.29 is 13.2 Å². The van der Waals surface area contributed by atoms with Gasteiger partial charge in [-0.2, -0.15) is 17.7 Å². The van der Waals surface area contributed by atoms with Gasteiger partial charge in [0.2, 0.25) is 0 Å². The minimum atomic E-state index is -4.45. The van der Waals surface area contributed by atoms with Crippen LogP contribution in [-0.2, 0) is 12.7 Å². The first-order valence-corrected chi connectivity index (χ1v) is 12.0. The van der Waals surface area contributed by atoms with Crippen molar-refractivity contribution in [2.24, 2.45) is 0 Å². The predicted octanol–water partition coefficient (Wildman–Crippen LogP) is 6.25. The van der Waals surface area contributed by atoms with Crippen molar-refractivity contribution in [3.05, 3.63) is 111 Å². The first-order chi connectivity index (χ1) is 18.2. The molecule has 0 amide bonds. The predicted molar refractivity (Wildman–Crippen MR) is 137 cm³/mol. The Kier molecular flexibility index (Phi) is 5.73. The summed E-state index contributed by atoms with van der Waals surface area (Å²) in [5, 5.41) is 14.0. The number of hydrogen-bond acceptors (Lipinski definition) is 4. The summed E-state index contributed by atoms with van der Waals surface area (Å²) in [5.41, 5.74) is 2.67. The van der Waals surface area contributed by atoms with E-state index in [0.29, 0.717) is 38.0 Å². The zero-order valence-corrected chi connectivity index (χ0v) is 20.7. The van der Waals surface area contributed by atoms with E-state index in [0.717, 1.165) is 23.3 Å². The molecule has 6 aromatic rings. The van der Waals surface area contributed by atoms with Crippen LogP contribution < -0.4 is 5.69 Å². The molecule has 0 aliphatic carbocycles. The molecular weight excluding hydrogens is 540 g/mol. The van der Waals surface area contributed by atoms with Crippen molar-refractivity contribution in [1.82, 2.24) is 29.0 Å². The van der Waals surface area contributed by atoms with E-state index in [1.54, 1.807) is 24.3 Å². The molecule has 0 spiro atoms. The summed E-state index contributed by atoms with van der Waals surface area (Å²) < 4.78 is 43.0. The van der Waals surface area contributed by atoms with Crippen LogP contribution in [0.3, 0.4) is 0 Å². The summed E-state index contributed by atoms with van der Waals surface area (Å²) in [7, 11) is 0. The SMILES string of the molecule is O=c1n(Cc2ccc(C(F)(F)F)cc2)nc2c(-c3ccc(Cl)cc3)c(-c3ccc(Cl)cc3)c3nncn3n12. The Morgan fingerprint density at radius 2 is 1.32 bits per heavy atom. The molecule has 190 valence electrons. The summed E-state index contributed by atoms with van der Waals surface area (Å²) in [4.78, 5) is 13.6. The van der Waals surface area contributed by atoms with Gasteiger partial charge in [-0.15, -0.1) is 15.3 Å². The van der Waals surface area contributed by atoms with Crippen molar-refractivity contribution >= 4 is 34.5 Å². The molecule has 6 rings (SSSR count). The van der Waals surface area contributed by atoms with Crippen molar-refractivity contribution in [2.75, 3.05) is 0 Å². The molecule has 0 aliphatic heterocycles. The van der Waals surface area contributed by atoms with Crippen LogP contribution in [0.2, 0.25) is 10.0 Å². The molecule has 0 bridgehead atoms. The van der Waals surface area contributed by atoms with Gasteiger partial charge >= 0.3 is 11.9 Å². The Hall–Kier alpha value is -4.15. The number of rotatable bonds is 4. The van der Waals surface area contributed by atoms with E-state index in [4.69, 9.17) is 23.2 Å². The summed E-state index contributed by atoms with van der Waals surface area (Å²) >= 11 is 12.3. The Morgan fingerprint density at radius 1 is 0.763 bits per heavy atom. The van der Waals surface area contributed by atoms with E-state index < -0.39 is 17.4 Å². The number of alkyl halides is 3. The number of nitrogens with zero attached hydrogens (tertiary/aromatic N) is 6. The lowest BCUT2D eigenvalue weighted by atomic mass is 9.96. The Labute approximate surface area is 222 Å². The second-order valence-corrected chi connectivity index (χ2v) is 9.41. The van der Waals surface area contributed by atoms with E-state index in [9.17, 15) is 18.0 Å². The van der Waals surface area contributed by atoms with E-state index in [-0.39, 0.29) is 6.54 Å². The lowest BCUT2D eigenvalue weighted by Crippen LogP contribution is -2.24. The third kappa shape index (κ3) is 4.11. The van der Waals surface area contributed by atoms with Crippen molar-refractivity contribution in [3.8, 4) is 22.3 Å². The maximum absolute atomic E-state index is 13.6. The summed E-state index contributed by atoms with van der Waals surface area (Å²) in [6, 6.07) is 18.8. The van der Waals surface area contributed by atoms with Crippen LogP contribution in [0.15, 0.2) is 83.9 Å². The number of benzene rings is 3. The summed E-state index contributed by atoms with van der Waals surface area (Å²) in [5.74, 6) is 0. The van der Waals surface area contributed by atoms with Gasteiger partial charge in [0.05, 0.1) is 12.1 Å². The number of aromatic nitrogens is 6. The van der Waals surface area contributed by atoms with Crippen LogP contribution in [0.1, 0.15) is 11.1 Å². The smallest absolute Gasteiger partial charge is 0.244 e. The van der Waals surface area contributed by atoms with E-state index in [1.165, 1.54) is 32.2 Å². The Morgan fingerprint density at radius 3 is 1.87 bits per heavy atom. The fourth-order valence-electron chi connectivity index (χ4n) is 4.37. The molecule has 3 heterocycles. The van der Waals surface area contributed by atoms with Gasteiger partial charge in [-0.05, 0) is 53.1 Å². The monoisotopic (exact) mass is 554 g/mol. The minimum Gasteiger partial charge on any atom is -0.244 e. The largest absolute Gasteiger partial charge is 0.416 e. The highest BCUT2D eigenvalue weighted by atomic mass is 35.5. The molecule has 0 saturated heterocycles. The maximum atomic E-state index is 13.6. The Bertz CT molecular complexity index is 1860. The lowest BCUT2D eigenvalue weighted by Gasteiger charge is -2.13. The Balaban J connectivity index is 1.62. The molecule has 3 aromatic heterocycles. The quantitative estimate of drug-likeness (QED) is 0.258. The van der Waals surface area contributed by atoms with Gasteiger partial charge in [-0.1, -0.05) is 59.6 Å². The average molecular weight is 555 g/mol. The number of halogens is 5. The first kappa shape index (κ1) is 24.2. The molecule has 0 aliphatic rings. The topological polar surface area (TPSA) is 69.5 Å². The highest BCUT2D eigenvalue weighted by Gasteiger charge is 2.30. The van der Waals surface area contributed by atoms with Gasteiger partial charge in [-0.25, -0.2) is 14.0 Å². The molecule has 12 heteroatoms. The standard InChI is InChI=1S/C26H15Cl2F3N6O/c27-19-9-3-16(4-10-19)21-22(17-5-11-20(28)12-6-17)24-34-35(25(38)37(24)36-14-32-33-23(21)36)13-15-1-7-18(8-2-15)26(29,30)31/h1-12,14H,13H2. The zero-order chi connectivity index (χ0) is 26.6. The summed E-state index contributed by atoms with van der Waals surface area (Å²) in [6.45, 7) is -0.0430. The highest BCUT2D eigenvalue weighted by Crippen LogP contribution is 2.38. The highest BCUT2D eigenvalue weighted by molar-refractivity contribution is 6.31. The van der Waals surface area contributed by atoms with Gasteiger partial charge in [0, 0.05) is 21.2 Å². The molecule has 0 radical (unpaired) electrons. The minimum absolute atomic E-state index is 0.0430. The van der Waals surface area contributed by atoms with Gasteiger partial charge in [-0.3, -0.25) is 0 Å². The van der Waals surface area contributed by atoms with E-state index in [2.05, 4.69) is 15.3 Å². The summed E-state index contributed by atoms with van der Waals surface area (Å²) in [6.07, 6.45) is -3.05. The second kappa shape index (κ2) is 9.00. The van der Waals surface area contributed by atoms with Crippen LogP contribution in [0.4, 0.5) is 13.2 Å². The molecule has 0 N–H and O–H groups in total. The normalized spacial score (nSPS) is 12.0. The van der Waals surface area contributed by atoms with E-state index in [1.807, 2.05) is 24.3 Å². The molecule has 0 fully saturated rings. The van der Waals surface area contributed by atoms with Crippen molar-refractivity contribution in [3.63, 3.8) is 0 Å². The third-order valence-corrected chi connectivity index (χ3v) is 6.64. The average Bonchev–Trinajstić information content (AvgIpc) is 3.49.